The fraction of sp³-hybridized carbons (Fsp3) is 0.333. The number of ketones is 1. The molecule has 0 spiro atoms. The summed E-state index contributed by atoms with van der Waals surface area (Å²) in [6.45, 7) is 5.02. The van der Waals surface area contributed by atoms with E-state index in [9.17, 15) is 4.79 Å². The van der Waals surface area contributed by atoms with Gasteiger partial charge < -0.3 is 14.2 Å². The Morgan fingerprint density at radius 1 is 1.33 bits per heavy atom. The second-order valence-corrected chi connectivity index (χ2v) is 5.75. The third kappa shape index (κ3) is 3.27. The van der Waals surface area contributed by atoms with E-state index in [-0.39, 0.29) is 11.8 Å². The smallest absolute Gasteiger partial charge is 0.203 e. The second-order valence-electron chi connectivity index (χ2n) is 5.75. The van der Waals surface area contributed by atoms with Crippen LogP contribution >= 0.6 is 0 Å². The van der Waals surface area contributed by atoms with Gasteiger partial charge in [-0.15, -0.1) is 0 Å². The third-order valence-corrected chi connectivity index (χ3v) is 3.69. The Labute approximate surface area is 140 Å². The zero-order valence-corrected chi connectivity index (χ0v) is 14.0. The van der Waals surface area contributed by atoms with Gasteiger partial charge in [0, 0.05) is 12.2 Å². The topological polar surface area (TPSA) is 62.6 Å². The quantitative estimate of drug-likeness (QED) is 0.623. The van der Waals surface area contributed by atoms with Gasteiger partial charge in [-0.1, -0.05) is 6.08 Å². The molecule has 0 aliphatic carbocycles. The number of hydrogen-bond acceptors (Lipinski definition) is 5. The largest absolute Gasteiger partial charge is 0.493 e. The molecular formula is C18H20N2O4. The van der Waals surface area contributed by atoms with Crippen LogP contribution in [0.25, 0.3) is 6.08 Å². The summed E-state index contributed by atoms with van der Waals surface area (Å²) in [6, 6.07) is 3.87. The first-order chi connectivity index (χ1) is 11.6. The molecule has 1 aliphatic rings. The first-order valence-electron chi connectivity index (χ1n) is 7.82. The number of hydrogen-bond donors (Lipinski definition) is 0. The van der Waals surface area contributed by atoms with Crippen molar-refractivity contribution in [3.8, 4) is 17.2 Å². The van der Waals surface area contributed by atoms with Gasteiger partial charge >= 0.3 is 0 Å². The van der Waals surface area contributed by atoms with Crippen molar-refractivity contribution in [1.82, 2.24) is 9.78 Å². The minimum Gasteiger partial charge on any atom is -0.493 e. The van der Waals surface area contributed by atoms with Gasteiger partial charge in [0.15, 0.2) is 17.3 Å². The molecule has 0 saturated heterocycles. The van der Waals surface area contributed by atoms with Crippen molar-refractivity contribution in [2.24, 2.45) is 0 Å². The average Bonchev–Trinajstić information content (AvgIpc) is 3.09. The lowest BCUT2D eigenvalue weighted by atomic mass is 10.1. The van der Waals surface area contributed by atoms with Crippen molar-refractivity contribution >= 4 is 11.9 Å². The standard InChI is InChI=1S/C18H20N2O4/c1-12(2)20-11-14(10-19-20)15(21)5-4-13-8-16(22-3)18-17(9-13)23-6-7-24-18/h4-5,8-12H,6-7H2,1-3H3/b5-4+. The number of carbonyl (C=O) groups is 1. The molecule has 3 rings (SSSR count). The number of allylic oxidation sites excluding steroid dienone is 1. The van der Waals surface area contributed by atoms with Gasteiger partial charge in [0.1, 0.15) is 13.2 Å². The number of rotatable bonds is 5. The normalized spacial score (nSPS) is 13.5. The number of methoxy groups -OCH3 is 1. The van der Waals surface area contributed by atoms with E-state index in [4.69, 9.17) is 14.2 Å². The van der Waals surface area contributed by atoms with E-state index in [1.807, 2.05) is 26.0 Å². The first kappa shape index (κ1) is 16.1. The minimum absolute atomic E-state index is 0.101. The molecule has 0 fully saturated rings. The van der Waals surface area contributed by atoms with E-state index in [0.29, 0.717) is 36.0 Å². The number of fused-ring (bicyclic) bond motifs is 1. The van der Waals surface area contributed by atoms with Gasteiger partial charge in [0.05, 0.1) is 18.9 Å². The Morgan fingerprint density at radius 2 is 2.12 bits per heavy atom. The van der Waals surface area contributed by atoms with Gasteiger partial charge in [-0.05, 0) is 37.6 Å². The summed E-state index contributed by atoms with van der Waals surface area (Å²) in [6.07, 6.45) is 6.58. The SMILES string of the molecule is COc1cc(/C=C/C(=O)c2cnn(C(C)C)c2)cc2c1OCCO2. The summed E-state index contributed by atoms with van der Waals surface area (Å²) in [4.78, 5) is 12.3. The first-order valence-corrected chi connectivity index (χ1v) is 7.82. The van der Waals surface area contributed by atoms with Crippen molar-refractivity contribution in [3.05, 3.63) is 41.7 Å². The molecule has 0 atom stereocenters. The van der Waals surface area contributed by atoms with Crippen LogP contribution in [-0.2, 0) is 0 Å². The Hall–Kier alpha value is -2.76. The highest BCUT2D eigenvalue weighted by Crippen LogP contribution is 2.40. The molecule has 0 unspecified atom stereocenters. The van der Waals surface area contributed by atoms with Crippen LogP contribution in [0.1, 0.15) is 35.8 Å². The van der Waals surface area contributed by atoms with E-state index in [1.165, 1.54) is 6.08 Å². The summed E-state index contributed by atoms with van der Waals surface area (Å²) >= 11 is 0. The zero-order chi connectivity index (χ0) is 17.1. The van der Waals surface area contributed by atoms with Crippen LogP contribution in [-0.4, -0.2) is 35.9 Å². The van der Waals surface area contributed by atoms with Crippen molar-refractivity contribution in [3.63, 3.8) is 0 Å². The molecule has 2 aromatic rings. The maximum Gasteiger partial charge on any atom is 0.203 e. The van der Waals surface area contributed by atoms with Gasteiger partial charge in [-0.2, -0.15) is 5.10 Å². The molecule has 24 heavy (non-hydrogen) atoms. The monoisotopic (exact) mass is 328 g/mol. The molecule has 1 aliphatic heterocycles. The van der Waals surface area contributed by atoms with Crippen LogP contribution in [0.5, 0.6) is 17.2 Å². The lowest BCUT2D eigenvalue weighted by Gasteiger charge is -2.20. The highest BCUT2D eigenvalue weighted by molar-refractivity contribution is 6.06. The molecule has 0 amide bonds. The number of nitrogens with zero attached hydrogens (tertiary/aromatic N) is 2. The molecule has 2 heterocycles. The Balaban J connectivity index is 1.81. The summed E-state index contributed by atoms with van der Waals surface area (Å²) in [5.41, 5.74) is 1.37. The second kappa shape index (κ2) is 6.78. The summed E-state index contributed by atoms with van der Waals surface area (Å²) < 4.78 is 18.3. The number of aromatic nitrogens is 2. The predicted molar refractivity (Wildman–Crippen MR) is 90.0 cm³/mol. The van der Waals surface area contributed by atoms with E-state index in [0.717, 1.165) is 5.56 Å². The van der Waals surface area contributed by atoms with Crippen molar-refractivity contribution in [2.45, 2.75) is 19.9 Å². The predicted octanol–water partition coefficient (Wildman–Crippen LogP) is 3.14. The van der Waals surface area contributed by atoms with Crippen LogP contribution in [0.2, 0.25) is 0 Å². The van der Waals surface area contributed by atoms with Gasteiger partial charge in [0.2, 0.25) is 5.75 Å². The molecule has 126 valence electrons. The number of ether oxygens (including phenoxy) is 3. The molecule has 6 heteroatoms. The fourth-order valence-electron chi connectivity index (χ4n) is 2.41. The van der Waals surface area contributed by atoms with Crippen molar-refractivity contribution < 1.29 is 19.0 Å². The van der Waals surface area contributed by atoms with Crippen LogP contribution < -0.4 is 14.2 Å². The maximum atomic E-state index is 12.3. The van der Waals surface area contributed by atoms with Gasteiger partial charge in [0.25, 0.3) is 0 Å². The molecule has 0 saturated carbocycles. The van der Waals surface area contributed by atoms with Crippen molar-refractivity contribution in [2.75, 3.05) is 20.3 Å². The zero-order valence-electron chi connectivity index (χ0n) is 14.0. The Kier molecular flexibility index (Phi) is 4.55. The van der Waals surface area contributed by atoms with Crippen LogP contribution in [0, 0.1) is 0 Å². The molecule has 0 radical (unpaired) electrons. The van der Waals surface area contributed by atoms with Gasteiger partial charge in [-0.25, -0.2) is 0 Å². The highest BCUT2D eigenvalue weighted by atomic mass is 16.6. The van der Waals surface area contributed by atoms with Crippen molar-refractivity contribution in [1.29, 1.82) is 0 Å². The Bertz CT molecular complexity index is 760. The molecule has 1 aromatic carbocycles. The molecule has 1 aromatic heterocycles. The van der Waals surface area contributed by atoms with E-state index >= 15 is 0 Å². The lowest BCUT2D eigenvalue weighted by molar-refractivity contribution is 0.104. The molecule has 0 N–H and O–H groups in total. The van der Waals surface area contributed by atoms with E-state index in [1.54, 1.807) is 30.3 Å². The Morgan fingerprint density at radius 3 is 2.83 bits per heavy atom. The van der Waals surface area contributed by atoms with E-state index < -0.39 is 0 Å². The summed E-state index contributed by atoms with van der Waals surface area (Å²) in [5.74, 6) is 1.72. The number of carbonyl (C=O) groups excluding carboxylic acids is 1. The highest BCUT2D eigenvalue weighted by Gasteiger charge is 2.18. The van der Waals surface area contributed by atoms with Gasteiger partial charge in [-0.3, -0.25) is 9.48 Å². The average molecular weight is 328 g/mol. The van der Waals surface area contributed by atoms with E-state index in [2.05, 4.69) is 5.10 Å². The maximum absolute atomic E-state index is 12.3. The van der Waals surface area contributed by atoms with Crippen LogP contribution in [0.4, 0.5) is 0 Å². The van der Waals surface area contributed by atoms with Crippen LogP contribution in [0.3, 0.4) is 0 Å². The molecule has 0 bridgehead atoms. The lowest BCUT2D eigenvalue weighted by Crippen LogP contribution is -2.16. The fourth-order valence-corrected chi connectivity index (χ4v) is 2.41. The summed E-state index contributed by atoms with van der Waals surface area (Å²) in [7, 11) is 1.58. The minimum atomic E-state index is -0.101. The number of benzene rings is 1. The summed E-state index contributed by atoms with van der Waals surface area (Å²) in [5, 5.41) is 4.18. The molecule has 6 nitrogen and oxygen atoms in total. The third-order valence-electron chi connectivity index (χ3n) is 3.69. The van der Waals surface area contributed by atoms with Crippen LogP contribution in [0.15, 0.2) is 30.6 Å². The molecular weight excluding hydrogens is 308 g/mol.